The van der Waals surface area contributed by atoms with E-state index in [9.17, 15) is 0 Å². The Balaban J connectivity index is 3.51. The summed E-state index contributed by atoms with van der Waals surface area (Å²) in [5.74, 6) is 0. The van der Waals surface area contributed by atoms with Crippen molar-refractivity contribution < 1.29 is 0 Å². The summed E-state index contributed by atoms with van der Waals surface area (Å²) in [5, 5.41) is 4.64. The van der Waals surface area contributed by atoms with Gasteiger partial charge in [0.05, 0.1) is 0 Å². The molecule has 66 valence electrons. The monoisotopic (exact) mass is 186 g/mol. The molecule has 0 saturated heterocycles. The SMILES string of the molecule is C[CH2][Al]([CH2]C)[CH2]C[Si](C)(C)C. The van der Waals surface area contributed by atoms with Gasteiger partial charge in [-0.15, -0.1) is 0 Å². The zero-order valence-corrected chi connectivity index (χ0v) is 11.1. The molecule has 0 aromatic rings. The Kier molecular flexibility index (Phi) is 5.77. The van der Waals surface area contributed by atoms with E-state index in [0.29, 0.717) is 0 Å². The summed E-state index contributed by atoms with van der Waals surface area (Å²) in [6.07, 6.45) is 0. The van der Waals surface area contributed by atoms with Crippen molar-refractivity contribution >= 4 is 22.2 Å². The lowest BCUT2D eigenvalue weighted by Gasteiger charge is -2.17. The number of rotatable bonds is 5. The van der Waals surface area contributed by atoms with Crippen LogP contribution in [0.5, 0.6) is 0 Å². The Labute approximate surface area is 77.8 Å². The standard InChI is InChI=1S/C5H13Si.2C2H5.Al/c1-5-6(2,3)4;2*1-2;/h1,5H2,2-4H3;2*1H2,2H3;. The van der Waals surface area contributed by atoms with E-state index in [-0.39, 0.29) is 14.1 Å². The van der Waals surface area contributed by atoms with E-state index >= 15 is 0 Å². The smallest absolute Gasteiger partial charge is 0.0967 e. The molecule has 0 saturated carbocycles. The van der Waals surface area contributed by atoms with Crippen LogP contribution in [-0.2, 0) is 0 Å². The Hall–Kier alpha value is 0.749. The van der Waals surface area contributed by atoms with Crippen LogP contribution in [-0.4, -0.2) is 22.2 Å². The summed E-state index contributed by atoms with van der Waals surface area (Å²) in [5.41, 5.74) is 0. The van der Waals surface area contributed by atoms with Crippen molar-refractivity contribution in [3.05, 3.63) is 0 Å². The molecule has 11 heavy (non-hydrogen) atoms. The van der Waals surface area contributed by atoms with Crippen LogP contribution >= 0.6 is 0 Å². The van der Waals surface area contributed by atoms with Gasteiger partial charge in [0.2, 0.25) is 0 Å². The second kappa shape index (κ2) is 5.40. The minimum atomic E-state index is -0.718. The van der Waals surface area contributed by atoms with Gasteiger partial charge in [0, 0.05) is 8.07 Å². The zero-order chi connectivity index (χ0) is 8.91. The van der Waals surface area contributed by atoms with Crippen LogP contribution in [0.2, 0.25) is 41.5 Å². The molecule has 0 rings (SSSR count). The molecule has 0 radical (unpaired) electrons. The molecular weight excluding hydrogens is 163 g/mol. The lowest BCUT2D eigenvalue weighted by Crippen LogP contribution is -2.22. The molecule has 0 bridgehead atoms. The fourth-order valence-corrected chi connectivity index (χ4v) is 7.83. The lowest BCUT2D eigenvalue weighted by molar-refractivity contribution is 1.21. The van der Waals surface area contributed by atoms with E-state index in [0.717, 1.165) is 0 Å². The molecule has 0 aliphatic heterocycles. The second-order valence-corrected chi connectivity index (χ2v) is 14.3. The molecule has 0 aromatic carbocycles. The van der Waals surface area contributed by atoms with E-state index in [1.165, 1.54) is 10.6 Å². The molecule has 0 nitrogen and oxygen atoms in total. The first-order valence-corrected chi connectivity index (χ1v) is 11.1. The third kappa shape index (κ3) is 7.12. The molecule has 0 amide bonds. The van der Waals surface area contributed by atoms with Crippen molar-refractivity contribution in [2.45, 2.75) is 55.4 Å². The molecule has 0 atom stereocenters. The summed E-state index contributed by atoms with van der Waals surface area (Å²) in [6, 6.07) is 1.57. The van der Waals surface area contributed by atoms with Crippen LogP contribution in [0.3, 0.4) is 0 Å². The Morgan fingerprint density at radius 1 is 1.00 bits per heavy atom. The van der Waals surface area contributed by atoms with E-state index in [1.807, 2.05) is 0 Å². The fraction of sp³-hybridized carbons (Fsp3) is 1.00. The topological polar surface area (TPSA) is 0 Å². The van der Waals surface area contributed by atoms with Gasteiger partial charge in [0.1, 0.15) is 0 Å². The lowest BCUT2D eigenvalue weighted by atomic mass is 10.9. The van der Waals surface area contributed by atoms with Gasteiger partial charge in [-0.05, 0) is 0 Å². The first-order valence-electron chi connectivity index (χ1n) is 4.99. The zero-order valence-electron chi connectivity index (χ0n) is 8.91. The van der Waals surface area contributed by atoms with Gasteiger partial charge in [-0.25, -0.2) is 0 Å². The van der Waals surface area contributed by atoms with Gasteiger partial charge in [-0.3, -0.25) is 0 Å². The molecule has 0 fully saturated rings. The average molecular weight is 186 g/mol. The molecule has 0 spiro atoms. The third-order valence-electron chi connectivity index (χ3n) is 2.46. The maximum Gasteiger partial charge on any atom is 0.260 e. The van der Waals surface area contributed by atoms with E-state index < -0.39 is 8.07 Å². The molecular formula is C9H23AlSi. The van der Waals surface area contributed by atoms with E-state index in [1.54, 1.807) is 11.3 Å². The molecule has 0 aliphatic carbocycles. The molecule has 0 aromatic heterocycles. The molecule has 0 heterocycles. The maximum absolute atomic E-state index is 2.49. The van der Waals surface area contributed by atoms with Crippen LogP contribution < -0.4 is 0 Å². The van der Waals surface area contributed by atoms with Crippen LogP contribution in [0.1, 0.15) is 13.8 Å². The molecule has 0 N–H and O–H groups in total. The van der Waals surface area contributed by atoms with Crippen LogP contribution in [0, 0.1) is 0 Å². The summed E-state index contributed by atoms with van der Waals surface area (Å²) < 4.78 is 0. The van der Waals surface area contributed by atoms with E-state index in [4.69, 9.17) is 0 Å². The van der Waals surface area contributed by atoms with Gasteiger partial charge >= 0.3 is 0 Å². The average Bonchev–Trinajstić information content (AvgIpc) is 1.88. The van der Waals surface area contributed by atoms with Gasteiger partial charge in [-0.2, -0.15) is 0 Å². The first kappa shape index (κ1) is 11.7. The highest BCUT2D eigenvalue weighted by Gasteiger charge is 2.18. The summed E-state index contributed by atoms with van der Waals surface area (Å²) >= 11 is -0.257. The van der Waals surface area contributed by atoms with Gasteiger partial charge in [-0.1, -0.05) is 55.4 Å². The highest BCUT2D eigenvalue weighted by atomic mass is 28.3. The Morgan fingerprint density at radius 3 is 1.73 bits per heavy atom. The number of hydrogen-bond donors (Lipinski definition) is 0. The maximum atomic E-state index is 2.49. The predicted octanol–water partition coefficient (Wildman–Crippen LogP) is 3.86. The predicted molar refractivity (Wildman–Crippen MR) is 59.7 cm³/mol. The summed E-state index contributed by atoms with van der Waals surface area (Å²) in [7, 11) is -0.718. The first-order chi connectivity index (χ1) is 4.99. The largest absolute Gasteiger partial charge is 0.260 e. The van der Waals surface area contributed by atoms with Crippen molar-refractivity contribution in [2.75, 3.05) is 0 Å². The van der Waals surface area contributed by atoms with Crippen LogP contribution in [0.15, 0.2) is 0 Å². The summed E-state index contributed by atoms with van der Waals surface area (Å²) in [6.45, 7) is 12.2. The minimum absolute atomic E-state index is 0.257. The van der Waals surface area contributed by atoms with Gasteiger partial charge in [0.15, 0.2) is 0 Å². The quantitative estimate of drug-likeness (QED) is 0.572. The van der Waals surface area contributed by atoms with Crippen molar-refractivity contribution in [3.8, 4) is 0 Å². The molecule has 0 unspecified atom stereocenters. The van der Waals surface area contributed by atoms with Gasteiger partial charge in [0.25, 0.3) is 14.1 Å². The van der Waals surface area contributed by atoms with Crippen molar-refractivity contribution in [2.24, 2.45) is 0 Å². The van der Waals surface area contributed by atoms with Crippen molar-refractivity contribution in [1.29, 1.82) is 0 Å². The Morgan fingerprint density at radius 2 is 1.45 bits per heavy atom. The number of hydrogen-bond acceptors (Lipinski definition) is 0. The van der Waals surface area contributed by atoms with Gasteiger partial charge < -0.3 is 0 Å². The second-order valence-electron chi connectivity index (χ2n) is 4.78. The third-order valence-corrected chi connectivity index (χ3v) is 8.24. The Bertz CT molecular complexity index is 92.2. The highest BCUT2D eigenvalue weighted by molar-refractivity contribution is 6.77. The normalized spacial score (nSPS) is 11.7. The highest BCUT2D eigenvalue weighted by Crippen LogP contribution is 2.16. The van der Waals surface area contributed by atoms with Crippen molar-refractivity contribution in [1.82, 2.24) is 0 Å². The molecule has 0 aliphatic rings. The molecule has 2 heteroatoms. The van der Waals surface area contributed by atoms with E-state index in [2.05, 4.69) is 33.5 Å². The van der Waals surface area contributed by atoms with Crippen LogP contribution in [0.4, 0.5) is 0 Å². The fourth-order valence-electron chi connectivity index (χ4n) is 1.33. The summed E-state index contributed by atoms with van der Waals surface area (Å²) in [4.78, 5) is 0. The van der Waals surface area contributed by atoms with Crippen molar-refractivity contribution in [3.63, 3.8) is 0 Å². The van der Waals surface area contributed by atoms with Crippen LogP contribution in [0.25, 0.3) is 0 Å². The minimum Gasteiger partial charge on any atom is -0.0967 e.